The zero-order chi connectivity index (χ0) is 18.5. The van der Waals surface area contributed by atoms with Crippen LogP contribution in [0.5, 0.6) is 11.5 Å². The van der Waals surface area contributed by atoms with Crippen LogP contribution in [0.4, 0.5) is 11.6 Å². The summed E-state index contributed by atoms with van der Waals surface area (Å²) in [6.07, 6.45) is 0.739. The van der Waals surface area contributed by atoms with Gasteiger partial charge in [-0.1, -0.05) is 23.2 Å². The largest absolute Gasteiger partial charge is 0.492 e. The Morgan fingerprint density at radius 1 is 1.31 bits per heavy atom. The lowest BCUT2D eigenvalue weighted by Gasteiger charge is -2.17. The lowest BCUT2D eigenvalue weighted by atomic mass is 10.3. The highest BCUT2D eigenvalue weighted by Crippen LogP contribution is 2.28. The van der Waals surface area contributed by atoms with Crippen LogP contribution in [0.2, 0.25) is 10.0 Å². The minimum Gasteiger partial charge on any atom is -0.492 e. The number of hydrogen-bond donors (Lipinski definition) is 2. The van der Waals surface area contributed by atoms with Crippen molar-refractivity contribution in [2.45, 2.75) is 12.8 Å². The zero-order valence-corrected chi connectivity index (χ0v) is 15.1. The molecule has 26 heavy (non-hydrogen) atoms. The van der Waals surface area contributed by atoms with Crippen molar-refractivity contribution in [1.82, 2.24) is 4.98 Å². The Bertz CT molecular complexity index is 845. The van der Waals surface area contributed by atoms with Gasteiger partial charge in [-0.25, -0.2) is 4.98 Å². The molecule has 0 unspecified atom stereocenters. The number of nitrogens with zero attached hydrogens (tertiary/aromatic N) is 1. The molecule has 0 spiro atoms. The second-order valence-corrected chi connectivity index (χ2v) is 6.30. The van der Waals surface area contributed by atoms with Gasteiger partial charge in [0, 0.05) is 11.4 Å². The van der Waals surface area contributed by atoms with E-state index in [1.165, 1.54) is 0 Å². The highest BCUT2D eigenvalue weighted by Gasteiger charge is 2.17. The van der Waals surface area contributed by atoms with Crippen LogP contribution in [0, 0.1) is 0 Å². The Hall–Kier alpha value is -2.51. The molecule has 0 fully saturated rings. The number of hydrogen-bond acceptors (Lipinski definition) is 5. The van der Waals surface area contributed by atoms with Crippen LogP contribution >= 0.6 is 23.2 Å². The number of aromatic nitrogens is 1. The molecule has 0 aliphatic carbocycles. The van der Waals surface area contributed by atoms with Gasteiger partial charge in [0.1, 0.15) is 11.6 Å². The van der Waals surface area contributed by atoms with Crippen LogP contribution in [0.25, 0.3) is 0 Å². The predicted molar refractivity (Wildman–Crippen MR) is 98.2 cm³/mol. The summed E-state index contributed by atoms with van der Waals surface area (Å²) >= 11 is 11.8. The number of benzene rings is 1. The van der Waals surface area contributed by atoms with Gasteiger partial charge in [0.05, 0.1) is 11.6 Å². The number of pyridine rings is 1. The average molecular weight is 396 g/mol. The van der Waals surface area contributed by atoms with Crippen LogP contribution < -0.4 is 20.1 Å². The molecule has 1 aliphatic heterocycles. The third-order valence-corrected chi connectivity index (χ3v) is 3.97. The van der Waals surface area contributed by atoms with E-state index < -0.39 is 0 Å². The van der Waals surface area contributed by atoms with Crippen molar-refractivity contribution in [3.05, 3.63) is 40.4 Å². The maximum atomic E-state index is 12.0. The number of halogens is 2. The summed E-state index contributed by atoms with van der Waals surface area (Å²) in [6.45, 7) is 0.286. The van der Waals surface area contributed by atoms with E-state index in [9.17, 15) is 9.59 Å². The van der Waals surface area contributed by atoms with Gasteiger partial charge in [0.15, 0.2) is 18.2 Å². The molecule has 0 saturated heterocycles. The molecule has 2 heterocycles. The third kappa shape index (κ3) is 4.77. The molecule has 2 N–H and O–H groups in total. The highest BCUT2D eigenvalue weighted by molar-refractivity contribution is 6.35. The number of amides is 2. The molecule has 0 atom stereocenters. The minimum absolute atomic E-state index is 0.0436. The Morgan fingerprint density at radius 2 is 2.15 bits per heavy atom. The van der Waals surface area contributed by atoms with Crippen LogP contribution in [-0.4, -0.2) is 30.0 Å². The smallest absolute Gasteiger partial charge is 0.263 e. The monoisotopic (exact) mass is 395 g/mol. The van der Waals surface area contributed by atoms with Crippen LogP contribution in [0.15, 0.2) is 30.3 Å². The minimum atomic E-state index is -0.286. The number of carbonyl (C=O) groups is 2. The van der Waals surface area contributed by atoms with Crippen molar-refractivity contribution in [3.63, 3.8) is 0 Å². The number of anilines is 2. The van der Waals surface area contributed by atoms with E-state index in [4.69, 9.17) is 32.7 Å². The average Bonchev–Trinajstić information content (AvgIpc) is 2.60. The van der Waals surface area contributed by atoms with Gasteiger partial charge in [0.2, 0.25) is 5.91 Å². The SMILES string of the molecule is O=C(CCCOc1ccc(Cl)cc1Cl)Nc1ccc2c(n1)NC(=O)CO2. The van der Waals surface area contributed by atoms with Gasteiger partial charge >= 0.3 is 0 Å². The third-order valence-electron chi connectivity index (χ3n) is 3.44. The normalized spacial score (nSPS) is 12.6. The maximum absolute atomic E-state index is 12.0. The highest BCUT2D eigenvalue weighted by atomic mass is 35.5. The quantitative estimate of drug-likeness (QED) is 0.730. The number of ether oxygens (including phenoxy) is 2. The lowest BCUT2D eigenvalue weighted by Crippen LogP contribution is -2.26. The second-order valence-electron chi connectivity index (χ2n) is 5.46. The van der Waals surface area contributed by atoms with Crippen molar-refractivity contribution < 1.29 is 19.1 Å². The van der Waals surface area contributed by atoms with Gasteiger partial charge in [-0.2, -0.15) is 0 Å². The maximum Gasteiger partial charge on any atom is 0.263 e. The van der Waals surface area contributed by atoms with E-state index in [1.54, 1.807) is 30.3 Å². The molecule has 1 aromatic heterocycles. The summed E-state index contributed by atoms with van der Waals surface area (Å²) in [6, 6.07) is 8.20. The standard InChI is InChI=1S/C17H15Cl2N3O4/c18-10-3-4-12(11(19)8-10)25-7-1-2-15(23)20-14-6-5-13-17(21-14)22-16(24)9-26-13/h3-6,8H,1-2,7,9H2,(H2,20,21,22,23,24). The molecule has 1 aliphatic rings. The molecule has 9 heteroatoms. The summed E-state index contributed by atoms with van der Waals surface area (Å²) in [5, 5.41) is 6.20. The molecule has 2 amide bonds. The molecular formula is C17H15Cl2N3O4. The summed E-state index contributed by atoms with van der Waals surface area (Å²) < 4.78 is 10.7. The van der Waals surface area contributed by atoms with E-state index in [2.05, 4.69) is 15.6 Å². The Balaban J connectivity index is 1.46. The molecule has 1 aromatic carbocycles. The summed E-state index contributed by atoms with van der Waals surface area (Å²) in [7, 11) is 0. The number of carbonyl (C=O) groups excluding carboxylic acids is 2. The van der Waals surface area contributed by atoms with E-state index in [1.807, 2.05) is 0 Å². The van der Waals surface area contributed by atoms with E-state index in [0.29, 0.717) is 46.2 Å². The molecule has 0 saturated carbocycles. The predicted octanol–water partition coefficient (Wildman–Crippen LogP) is 3.52. The van der Waals surface area contributed by atoms with Gasteiger partial charge in [-0.3, -0.25) is 9.59 Å². The molecule has 0 bridgehead atoms. The summed E-state index contributed by atoms with van der Waals surface area (Å²) in [5.74, 6) is 1.11. The van der Waals surface area contributed by atoms with Gasteiger partial charge in [0.25, 0.3) is 5.91 Å². The van der Waals surface area contributed by atoms with E-state index in [0.717, 1.165) is 0 Å². The first kappa shape index (κ1) is 18.3. The number of fused-ring (bicyclic) bond motifs is 1. The van der Waals surface area contributed by atoms with Gasteiger partial charge in [-0.05, 0) is 36.8 Å². The van der Waals surface area contributed by atoms with Crippen LogP contribution in [0.1, 0.15) is 12.8 Å². The Morgan fingerprint density at radius 3 is 2.96 bits per heavy atom. The molecular weight excluding hydrogens is 381 g/mol. The molecule has 0 radical (unpaired) electrons. The second kappa shape index (κ2) is 8.25. The first-order valence-electron chi connectivity index (χ1n) is 7.82. The van der Waals surface area contributed by atoms with Crippen molar-refractivity contribution in [1.29, 1.82) is 0 Å². The fourth-order valence-electron chi connectivity index (χ4n) is 2.25. The molecule has 3 rings (SSSR count). The van der Waals surface area contributed by atoms with Gasteiger partial charge < -0.3 is 20.1 Å². The van der Waals surface area contributed by atoms with E-state index in [-0.39, 0.29) is 24.8 Å². The van der Waals surface area contributed by atoms with Crippen molar-refractivity contribution in [2.75, 3.05) is 23.8 Å². The molecule has 2 aromatic rings. The number of rotatable bonds is 6. The van der Waals surface area contributed by atoms with Crippen molar-refractivity contribution >= 4 is 46.7 Å². The van der Waals surface area contributed by atoms with Crippen molar-refractivity contribution in [2.24, 2.45) is 0 Å². The lowest BCUT2D eigenvalue weighted by molar-refractivity contribution is -0.118. The first-order valence-corrected chi connectivity index (χ1v) is 8.58. The first-order chi connectivity index (χ1) is 12.5. The molecule has 7 nitrogen and oxygen atoms in total. The zero-order valence-electron chi connectivity index (χ0n) is 13.6. The number of nitrogens with one attached hydrogen (secondary N) is 2. The van der Waals surface area contributed by atoms with Crippen molar-refractivity contribution in [3.8, 4) is 11.5 Å². The summed E-state index contributed by atoms with van der Waals surface area (Å²) in [5.41, 5.74) is 0. The topological polar surface area (TPSA) is 89.5 Å². The summed E-state index contributed by atoms with van der Waals surface area (Å²) in [4.78, 5) is 27.4. The molecule has 136 valence electrons. The van der Waals surface area contributed by atoms with Crippen LogP contribution in [0.3, 0.4) is 0 Å². The fourth-order valence-corrected chi connectivity index (χ4v) is 2.71. The van der Waals surface area contributed by atoms with E-state index >= 15 is 0 Å². The van der Waals surface area contributed by atoms with Crippen LogP contribution in [-0.2, 0) is 9.59 Å². The van der Waals surface area contributed by atoms with Gasteiger partial charge in [-0.15, -0.1) is 0 Å². The Kier molecular flexibility index (Phi) is 5.80. The fraction of sp³-hybridized carbons (Fsp3) is 0.235. The Labute approximate surface area is 159 Å².